The van der Waals surface area contributed by atoms with E-state index in [4.69, 9.17) is 0 Å². The lowest BCUT2D eigenvalue weighted by Gasteiger charge is -2.21. The summed E-state index contributed by atoms with van der Waals surface area (Å²) in [6, 6.07) is 19.7. The van der Waals surface area contributed by atoms with Crippen LogP contribution in [0.1, 0.15) is 0 Å². The first-order valence-corrected chi connectivity index (χ1v) is 7.88. The fourth-order valence-electron chi connectivity index (χ4n) is 3.93. The Bertz CT molecular complexity index is 597. The number of fused-ring (bicyclic) bond motifs is 1. The van der Waals surface area contributed by atoms with Crippen LogP contribution in [-0.4, -0.2) is 38.1 Å². The quantitative estimate of drug-likeness (QED) is 0.832. The van der Waals surface area contributed by atoms with E-state index in [9.17, 15) is 0 Å². The van der Waals surface area contributed by atoms with E-state index in [-0.39, 0.29) is 12.4 Å². The number of halogens is 1. The SMILES string of the molecule is CN1CC2CN(c3ccc(-c4ccccc4)cc3)CC2C1.Cl. The van der Waals surface area contributed by atoms with Gasteiger partial charge in [0.1, 0.15) is 0 Å². The van der Waals surface area contributed by atoms with Gasteiger partial charge >= 0.3 is 0 Å². The van der Waals surface area contributed by atoms with Gasteiger partial charge in [-0.15, -0.1) is 12.4 Å². The molecule has 0 spiro atoms. The van der Waals surface area contributed by atoms with E-state index in [0.717, 1.165) is 11.8 Å². The first-order valence-electron chi connectivity index (χ1n) is 7.88. The van der Waals surface area contributed by atoms with Gasteiger partial charge < -0.3 is 9.80 Å². The molecule has 0 aliphatic carbocycles. The Labute approximate surface area is 139 Å². The molecule has 2 heterocycles. The zero-order chi connectivity index (χ0) is 14.2. The van der Waals surface area contributed by atoms with Crippen LogP contribution in [0.3, 0.4) is 0 Å². The van der Waals surface area contributed by atoms with Crippen molar-refractivity contribution < 1.29 is 0 Å². The highest BCUT2D eigenvalue weighted by Gasteiger charge is 2.38. The molecule has 4 rings (SSSR count). The van der Waals surface area contributed by atoms with Crippen LogP contribution in [0.25, 0.3) is 11.1 Å². The van der Waals surface area contributed by atoms with Crippen LogP contribution in [0.5, 0.6) is 0 Å². The van der Waals surface area contributed by atoms with Gasteiger partial charge in [0, 0.05) is 31.9 Å². The lowest BCUT2D eigenvalue weighted by Crippen LogP contribution is -2.26. The second-order valence-corrected chi connectivity index (χ2v) is 6.56. The highest BCUT2D eigenvalue weighted by molar-refractivity contribution is 5.85. The molecule has 2 aromatic rings. The van der Waals surface area contributed by atoms with Crippen molar-refractivity contribution in [2.45, 2.75) is 0 Å². The lowest BCUT2D eigenvalue weighted by atomic mass is 10.0. The van der Waals surface area contributed by atoms with Crippen LogP contribution in [0.4, 0.5) is 5.69 Å². The van der Waals surface area contributed by atoms with E-state index in [2.05, 4.69) is 71.4 Å². The van der Waals surface area contributed by atoms with Crippen LogP contribution in [0.15, 0.2) is 54.6 Å². The molecule has 3 heteroatoms. The minimum absolute atomic E-state index is 0. The summed E-state index contributed by atoms with van der Waals surface area (Å²) in [5.74, 6) is 1.73. The molecule has 0 bridgehead atoms. The van der Waals surface area contributed by atoms with Crippen molar-refractivity contribution in [1.82, 2.24) is 4.90 Å². The fraction of sp³-hybridized carbons (Fsp3) is 0.368. The largest absolute Gasteiger partial charge is 0.371 e. The predicted molar refractivity (Wildman–Crippen MR) is 95.8 cm³/mol. The molecular weight excluding hydrogens is 292 g/mol. The summed E-state index contributed by atoms with van der Waals surface area (Å²) in [6.45, 7) is 4.98. The highest BCUT2D eigenvalue weighted by atomic mass is 35.5. The number of benzene rings is 2. The van der Waals surface area contributed by atoms with E-state index in [1.165, 1.54) is 43.0 Å². The van der Waals surface area contributed by atoms with Gasteiger partial charge in [0.15, 0.2) is 0 Å². The molecule has 22 heavy (non-hydrogen) atoms. The summed E-state index contributed by atoms with van der Waals surface area (Å²) < 4.78 is 0. The van der Waals surface area contributed by atoms with Gasteiger partial charge in [-0.3, -0.25) is 0 Å². The molecule has 0 radical (unpaired) electrons. The van der Waals surface area contributed by atoms with Gasteiger partial charge in [-0.05, 0) is 42.1 Å². The van der Waals surface area contributed by atoms with Crippen molar-refractivity contribution in [3.8, 4) is 11.1 Å². The first-order chi connectivity index (χ1) is 10.3. The minimum atomic E-state index is 0. The van der Waals surface area contributed by atoms with E-state index in [0.29, 0.717) is 0 Å². The molecule has 0 saturated carbocycles. The summed E-state index contributed by atoms with van der Waals surface area (Å²) in [5.41, 5.74) is 3.98. The van der Waals surface area contributed by atoms with Gasteiger partial charge in [0.25, 0.3) is 0 Å². The molecule has 0 amide bonds. The van der Waals surface area contributed by atoms with Crippen LogP contribution in [0.2, 0.25) is 0 Å². The van der Waals surface area contributed by atoms with Gasteiger partial charge in [0.2, 0.25) is 0 Å². The molecule has 0 N–H and O–H groups in total. The molecule has 2 aliphatic rings. The summed E-state index contributed by atoms with van der Waals surface area (Å²) in [4.78, 5) is 5.04. The normalized spacial score (nSPS) is 24.1. The van der Waals surface area contributed by atoms with Crippen molar-refractivity contribution in [2.75, 3.05) is 38.1 Å². The topological polar surface area (TPSA) is 6.48 Å². The molecule has 2 unspecified atom stereocenters. The third-order valence-electron chi connectivity index (χ3n) is 5.01. The number of rotatable bonds is 2. The Morgan fingerprint density at radius 1 is 0.727 bits per heavy atom. The van der Waals surface area contributed by atoms with Gasteiger partial charge in [-0.1, -0.05) is 42.5 Å². The molecule has 2 aliphatic heterocycles. The maximum absolute atomic E-state index is 2.57. The minimum Gasteiger partial charge on any atom is -0.371 e. The molecular formula is C19H23ClN2. The number of likely N-dealkylation sites (tertiary alicyclic amines) is 1. The van der Waals surface area contributed by atoms with Crippen LogP contribution >= 0.6 is 12.4 Å². The Morgan fingerprint density at radius 3 is 1.86 bits per heavy atom. The summed E-state index contributed by atoms with van der Waals surface area (Å²) in [5, 5.41) is 0. The van der Waals surface area contributed by atoms with Gasteiger partial charge in [-0.25, -0.2) is 0 Å². The average molecular weight is 315 g/mol. The Hall–Kier alpha value is -1.51. The van der Waals surface area contributed by atoms with Crippen molar-refractivity contribution in [2.24, 2.45) is 11.8 Å². The number of hydrogen-bond donors (Lipinski definition) is 0. The Morgan fingerprint density at radius 2 is 1.27 bits per heavy atom. The van der Waals surface area contributed by atoms with Crippen molar-refractivity contribution in [1.29, 1.82) is 0 Å². The predicted octanol–water partition coefficient (Wildman–Crippen LogP) is 3.77. The van der Waals surface area contributed by atoms with Gasteiger partial charge in [0.05, 0.1) is 0 Å². The molecule has 116 valence electrons. The molecule has 2 fully saturated rings. The fourth-order valence-corrected chi connectivity index (χ4v) is 3.93. The Kier molecular flexibility index (Phi) is 4.42. The van der Waals surface area contributed by atoms with E-state index in [1.54, 1.807) is 0 Å². The second-order valence-electron chi connectivity index (χ2n) is 6.56. The highest BCUT2D eigenvalue weighted by Crippen LogP contribution is 2.34. The molecule has 2 nitrogen and oxygen atoms in total. The van der Waals surface area contributed by atoms with Crippen molar-refractivity contribution >= 4 is 18.1 Å². The third-order valence-corrected chi connectivity index (χ3v) is 5.01. The smallest absolute Gasteiger partial charge is 0.0366 e. The summed E-state index contributed by atoms with van der Waals surface area (Å²) in [7, 11) is 2.25. The maximum Gasteiger partial charge on any atom is 0.0366 e. The van der Waals surface area contributed by atoms with Crippen molar-refractivity contribution in [3.63, 3.8) is 0 Å². The number of anilines is 1. The van der Waals surface area contributed by atoms with E-state index >= 15 is 0 Å². The summed E-state index contributed by atoms with van der Waals surface area (Å²) in [6.07, 6.45) is 0. The van der Waals surface area contributed by atoms with Crippen LogP contribution in [0, 0.1) is 11.8 Å². The van der Waals surface area contributed by atoms with Gasteiger partial charge in [-0.2, -0.15) is 0 Å². The van der Waals surface area contributed by atoms with E-state index in [1.807, 2.05) is 0 Å². The molecule has 0 aromatic heterocycles. The van der Waals surface area contributed by atoms with Crippen molar-refractivity contribution in [3.05, 3.63) is 54.6 Å². The van der Waals surface area contributed by atoms with Crippen LogP contribution in [-0.2, 0) is 0 Å². The number of hydrogen-bond acceptors (Lipinski definition) is 2. The molecule has 2 aromatic carbocycles. The summed E-state index contributed by atoms with van der Waals surface area (Å²) >= 11 is 0. The monoisotopic (exact) mass is 314 g/mol. The van der Waals surface area contributed by atoms with E-state index < -0.39 is 0 Å². The standard InChI is InChI=1S/C19H22N2.ClH/c1-20-11-17-13-21(14-18(17)12-20)19-9-7-16(8-10-19)15-5-3-2-4-6-15;/h2-10,17-18H,11-14H2,1H3;1H. The first kappa shape index (κ1) is 15.4. The average Bonchev–Trinajstić information content (AvgIpc) is 3.06. The van der Waals surface area contributed by atoms with Crippen LogP contribution < -0.4 is 4.90 Å². The second kappa shape index (κ2) is 6.31. The lowest BCUT2D eigenvalue weighted by molar-refractivity contribution is 0.387. The third kappa shape index (κ3) is 2.86. The molecule has 2 saturated heterocycles. The Balaban J connectivity index is 0.00000144. The number of nitrogens with zero attached hydrogens (tertiary/aromatic N) is 2. The zero-order valence-electron chi connectivity index (χ0n) is 13.0. The maximum atomic E-state index is 2.57. The zero-order valence-corrected chi connectivity index (χ0v) is 13.8. The molecule has 2 atom stereocenters.